The van der Waals surface area contributed by atoms with Crippen LogP contribution in [0.1, 0.15) is 12.0 Å². The van der Waals surface area contributed by atoms with Crippen molar-refractivity contribution in [3.63, 3.8) is 0 Å². The number of rotatable bonds is 13. The Bertz CT molecular complexity index is 869. The molecule has 4 unspecified atom stereocenters. The van der Waals surface area contributed by atoms with Gasteiger partial charge in [-0.05, 0) is 17.7 Å². The van der Waals surface area contributed by atoms with Crippen LogP contribution < -0.4 is 27.4 Å². The summed E-state index contributed by atoms with van der Waals surface area (Å²) < 4.78 is 0. The molecule has 0 radical (unpaired) electrons. The first-order chi connectivity index (χ1) is 15.5. The first kappa shape index (κ1) is 28.1. The van der Waals surface area contributed by atoms with Crippen LogP contribution in [0.5, 0.6) is 5.75 Å². The van der Waals surface area contributed by atoms with E-state index in [0.29, 0.717) is 5.56 Å². The highest BCUT2D eigenvalue weighted by molar-refractivity contribution is 7.80. The van der Waals surface area contributed by atoms with Crippen LogP contribution in [0.2, 0.25) is 0 Å². The normalized spacial score (nSPS) is 14.3. The fourth-order valence-corrected chi connectivity index (χ4v) is 3.09. The van der Waals surface area contributed by atoms with Crippen molar-refractivity contribution in [2.45, 2.75) is 37.0 Å². The number of hydrogen-bond acceptors (Lipinski definition) is 9. The molecule has 9 N–H and O–H groups in total. The summed E-state index contributed by atoms with van der Waals surface area (Å²) in [6.07, 6.45) is -0.488. The third-order valence-electron chi connectivity index (χ3n) is 4.38. The summed E-state index contributed by atoms with van der Waals surface area (Å²) in [5.74, 6) is -4.86. The van der Waals surface area contributed by atoms with Gasteiger partial charge in [0.15, 0.2) is 0 Å². The molecule has 182 valence electrons. The SMILES string of the molecule is NC(=O)CC(N)C(=O)NC(Cc1ccc(O)cc1)C(=O)NC(CS)C(=O)NC(CS)C(=O)O. The van der Waals surface area contributed by atoms with E-state index in [9.17, 15) is 29.1 Å². The number of amides is 4. The number of carboxylic acids is 1. The van der Waals surface area contributed by atoms with E-state index in [1.54, 1.807) is 0 Å². The third kappa shape index (κ3) is 9.59. The monoisotopic (exact) mass is 501 g/mol. The Morgan fingerprint density at radius 1 is 0.848 bits per heavy atom. The summed E-state index contributed by atoms with van der Waals surface area (Å²) >= 11 is 7.88. The van der Waals surface area contributed by atoms with Gasteiger partial charge in [-0.2, -0.15) is 25.3 Å². The van der Waals surface area contributed by atoms with E-state index in [2.05, 4.69) is 41.2 Å². The molecular formula is C19H27N5O7S2. The fourth-order valence-electron chi connectivity index (χ4n) is 2.59. The standard InChI is InChI=1S/C19H27N5O7S2/c20-11(6-15(21)26)16(27)22-12(5-9-1-3-10(25)4-2-9)17(28)23-13(7-32)18(29)24-14(8-33)19(30)31/h1-4,11-14,25,32-33H,5-8,20H2,(H2,21,26)(H,22,27)(H,23,28)(H,24,29)(H,30,31). The zero-order valence-electron chi connectivity index (χ0n) is 17.4. The number of primary amides is 1. The molecule has 1 aromatic rings. The Kier molecular flexibility index (Phi) is 11.5. The minimum absolute atomic E-state index is 0.00347. The molecule has 0 aliphatic heterocycles. The van der Waals surface area contributed by atoms with Gasteiger partial charge in [0.1, 0.15) is 23.9 Å². The molecule has 0 fully saturated rings. The molecule has 33 heavy (non-hydrogen) atoms. The molecule has 1 aromatic carbocycles. The van der Waals surface area contributed by atoms with E-state index in [1.807, 2.05) is 0 Å². The first-order valence-electron chi connectivity index (χ1n) is 9.65. The number of phenols is 1. The van der Waals surface area contributed by atoms with Crippen LogP contribution in [-0.4, -0.2) is 75.5 Å². The van der Waals surface area contributed by atoms with Gasteiger partial charge in [-0.3, -0.25) is 19.2 Å². The lowest BCUT2D eigenvalue weighted by molar-refractivity contribution is -0.141. The van der Waals surface area contributed by atoms with Gasteiger partial charge in [-0.25, -0.2) is 4.79 Å². The van der Waals surface area contributed by atoms with Gasteiger partial charge < -0.3 is 37.6 Å². The van der Waals surface area contributed by atoms with E-state index in [4.69, 9.17) is 16.6 Å². The maximum absolute atomic E-state index is 12.9. The number of aromatic hydroxyl groups is 1. The maximum atomic E-state index is 12.9. The van der Waals surface area contributed by atoms with Crippen LogP contribution in [0.25, 0.3) is 0 Å². The second kappa shape index (κ2) is 13.5. The van der Waals surface area contributed by atoms with Crippen LogP contribution in [0.4, 0.5) is 0 Å². The minimum atomic E-state index is -1.30. The van der Waals surface area contributed by atoms with Crippen LogP contribution in [-0.2, 0) is 30.4 Å². The van der Waals surface area contributed by atoms with E-state index in [1.165, 1.54) is 24.3 Å². The lowest BCUT2D eigenvalue weighted by Crippen LogP contribution is -2.58. The van der Waals surface area contributed by atoms with Crippen molar-refractivity contribution in [2.24, 2.45) is 11.5 Å². The second-order valence-corrected chi connectivity index (χ2v) is 7.76. The van der Waals surface area contributed by atoms with Gasteiger partial charge in [0.05, 0.1) is 12.5 Å². The molecule has 12 nitrogen and oxygen atoms in total. The quantitative estimate of drug-likeness (QED) is 0.132. The van der Waals surface area contributed by atoms with Crippen molar-refractivity contribution in [2.75, 3.05) is 11.5 Å². The van der Waals surface area contributed by atoms with Crippen LogP contribution in [0.15, 0.2) is 24.3 Å². The molecule has 0 bridgehead atoms. The molecule has 0 heterocycles. The van der Waals surface area contributed by atoms with Crippen molar-refractivity contribution in [1.82, 2.24) is 16.0 Å². The Balaban J connectivity index is 3.01. The molecule has 4 amide bonds. The van der Waals surface area contributed by atoms with Gasteiger partial charge >= 0.3 is 5.97 Å². The van der Waals surface area contributed by atoms with Gasteiger partial charge in [0.25, 0.3) is 0 Å². The van der Waals surface area contributed by atoms with Gasteiger partial charge in [-0.15, -0.1) is 0 Å². The molecule has 0 spiro atoms. The average molecular weight is 502 g/mol. The van der Waals surface area contributed by atoms with Crippen molar-refractivity contribution in [1.29, 1.82) is 0 Å². The summed E-state index contributed by atoms with van der Waals surface area (Å²) in [6.45, 7) is 0. The predicted molar refractivity (Wildman–Crippen MR) is 125 cm³/mol. The number of thiol groups is 2. The molecule has 0 aromatic heterocycles. The summed E-state index contributed by atoms with van der Waals surface area (Å²) in [5, 5.41) is 25.6. The number of nitrogens with one attached hydrogen (secondary N) is 3. The minimum Gasteiger partial charge on any atom is -0.508 e. The van der Waals surface area contributed by atoms with Crippen LogP contribution in [0, 0.1) is 0 Å². The van der Waals surface area contributed by atoms with Crippen LogP contribution in [0.3, 0.4) is 0 Å². The van der Waals surface area contributed by atoms with Crippen molar-refractivity contribution in [3.05, 3.63) is 29.8 Å². The Morgan fingerprint density at radius 2 is 1.33 bits per heavy atom. The van der Waals surface area contributed by atoms with Crippen molar-refractivity contribution < 1.29 is 34.2 Å². The molecule has 14 heteroatoms. The van der Waals surface area contributed by atoms with E-state index in [0.717, 1.165) is 0 Å². The van der Waals surface area contributed by atoms with Gasteiger partial charge in [0, 0.05) is 17.9 Å². The van der Waals surface area contributed by atoms with E-state index in [-0.39, 0.29) is 23.7 Å². The number of carbonyl (C=O) groups excluding carboxylic acids is 4. The first-order valence-corrected chi connectivity index (χ1v) is 10.9. The highest BCUT2D eigenvalue weighted by Crippen LogP contribution is 2.12. The highest BCUT2D eigenvalue weighted by atomic mass is 32.1. The number of aliphatic carboxylic acids is 1. The topological polar surface area (TPSA) is 214 Å². The van der Waals surface area contributed by atoms with Gasteiger partial charge in [-0.1, -0.05) is 12.1 Å². The lowest BCUT2D eigenvalue weighted by atomic mass is 10.0. The highest BCUT2D eigenvalue weighted by Gasteiger charge is 2.30. The van der Waals surface area contributed by atoms with Crippen LogP contribution >= 0.6 is 25.3 Å². The number of nitrogens with two attached hydrogens (primary N) is 2. The maximum Gasteiger partial charge on any atom is 0.327 e. The largest absolute Gasteiger partial charge is 0.508 e. The predicted octanol–water partition coefficient (Wildman–Crippen LogP) is -2.46. The smallest absolute Gasteiger partial charge is 0.327 e. The number of benzene rings is 1. The summed E-state index contributed by atoms with van der Waals surface area (Å²) in [5.41, 5.74) is 11.2. The Hall–Kier alpha value is -2.97. The molecule has 4 atom stereocenters. The zero-order valence-corrected chi connectivity index (χ0v) is 19.2. The average Bonchev–Trinajstić information content (AvgIpc) is 2.75. The summed E-state index contributed by atoms with van der Waals surface area (Å²) in [6, 6.07) is 0.803. The summed E-state index contributed by atoms with van der Waals surface area (Å²) in [4.78, 5) is 59.8. The Morgan fingerprint density at radius 3 is 1.82 bits per heavy atom. The molecular weight excluding hydrogens is 474 g/mol. The second-order valence-electron chi connectivity index (χ2n) is 7.03. The number of carbonyl (C=O) groups is 5. The third-order valence-corrected chi connectivity index (χ3v) is 5.11. The Labute approximate surface area is 200 Å². The number of phenolic OH excluding ortho intramolecular Hbond substituents is 1. The van der Waals surface area contributed by atoms with Gasteiger partial charge in [0.2, 0.25) is 23.6 Å². The van der Waals surface area contributed by atoms with Crippen molar-refractivity contribution in [3.8, 4) is 5.75 Å². The van der Waals surface area contributed by atoms with E-state index < -0.39 is 60.2 Å². The molecule has 0 saturated carbocycles. The molecule has 1 rings (SSSR count). The number of hydrogen-bond donors (Lipinski definition) is 9. The van der Waals surface area contributed by atoms with Crippen molar-refractivity contribution >= 4 is 54.9 Å². The zero-order chi connectivity index (χ0) is 25.1. The molecule has 0 aliphatic rings. The summed E-state index contributed by atoms with van der Waals surface area (Å²) in [7, 11) is 0. The number of carboxylic acid groups (broad SMARTS) is 1. The molecule has 0 aliphatic carbocycles. The lowest BCUT2D eigenvalue weighted by Gasteiger charge is -2.24. The fraction of sp³-hybridized carbons (Fsp3) is 0.421. The molecule has 0 saturated heterocycles. The van der Waals surface area contributed by atoms with E-state index >= 15 is 0 Å².